The molecule has 1 saturated heterocycles. The van der Waals surface area contributed by atoms with Crippen LogP contribution >= 0.6 is 0 Å². The molecule has 1 heteroatoms. The molecule has 1 aliphatic carbocycles. The van der Waals surface area contributed by atoms with E-state index in [1.807, 2.05) is 0 Å². The van der Waals surface area contributed by atoms with Crippen LogP contribution in [0.3, 0.4) is 0 Å². The first-order chi connectivity index (χ1) is 5.57. The Morgan fingerprint density at radius 2 is 1.75 bits per heavy atom. The molecule has 2 rings (SSSR count). The zero-order valence-electron chi connectivity index (χ0n) is 8.56. The predicted octanol–water partition coefficient (Wildman–Crippen LogP) is 2.42. The maximum absolute atomic E-state index is 3.69. The first-order valence-electron chi connectivity index (χ1n) is 5.31. The van der Waals surface area contributed by atoms with Crippen molar-refractivity contribution < 1.29 is 0 Å². The topological polar surface area (TPSA) is 12.0 Å². The van der Waals surface area contributed by atoms with Crippen LogP contribution in [0.15, 0.2) is 0 Å². The SMILES string of the molecule is CC(C)(C)C1CC2CCC2CN1. The largest absolute Gasteiger partial charge is 0.313 e. The molecule has 0 aromatic carbocycles. The molecule has 12 heavy (non-hydrogen) atoms. The van der Waals surface area contributed by atoms with E-state index in [2.05, 4.69) is 26.1 Å². The Morgan fingerprint density at radius 1 is 1.08 bits per heavy atom. The number of hydrogen-bond acceptors (Lipinski definition) is 1. The second-order valence-electron chi connectivity index (χ2n) is 5.66. The van der Waals surface area contributed by atoms with Crippen LogP contribution in [0.4, 0.5) is 0 Å². The van der Waals surface area contributed by atoms with Gasteiger partial charge in [-0.3, -0.25) is 0 Å². The van der Waals surface area contributed by atoms with Crippen molar-refractivity contribution in [3.05, 3.63) is 0 Å². The summed E-state index contributed by atoms with van der Waals surface area (Å²) in [5.41, 5.74) is 0.459. The van der Waals surface area contributed by atoms with E-state index in [9.17, 15) is 0 Å². The van der Waals surface area contributed by atoms with E-state index >= 15 is 0 Å². The second-order valence-corrected chi connectivity index (χ2v) is 5.66. The van der Waals surface area contributed by atoms with Gasteiger partial charge >= 0.3 is 0 Å². The van der Waals surface area contributed by atoms with Crippen LogP contribution in [0, 0.1) is 17.3 Å². The summed E-state index contributed by atoms with van der Waals surface area (Å²) in [6.45, 7) is 8.34. The van der Waals surface area contributed by atoms with Crippen molar-refractivity contribution in [3.8, 4) is 0 Å². The summed E-state index contributed by atoms with van der Waals surface area (Å²) in [6, 6.07) is 0.763. The fraction of sp³-hybridized carbons (Fsp3) is 1.00. The first-order valence-corrected chi connectivity index (χ1v) is 5.31. The first kappa shape index (κ1) is 8.55. The zero-order valence-corrected chi connectivity index (χ0v) is 8.56. The van der Waals surface area contributed by atoms with Crippen LogP contribution in [-0.4, -0.2) is 12.6 Å². The van der Waals surface area contributed by atoms with Crippen molar-refractivity contribution in [2.24, 2.45) is 17.3 Å². The summed E-state index contributed by atoms with van der Waals surface area (Å²) < 4.78 is 0. The third-order valence-electron chi connectivity index (χ3n) is 3.79. The molecule has 70 valence electrons. The molecule has 0 aromatic rings. The lowest BCUT2D eigenvalue weighted by molar-refractivity contribution is 0.0653. The van der Waals surface area contributed by atoms with Crippen molar-refractivity contribution >= 4 is 0 Å². The maximum atomic E-state index is 3.69. The van der Waals surface area contributed by atoms with E-state index in [-0.39, 0.29) is 0 Å². The Bertz CT molecular complexity index is 168. The van der Waals surface area contributed by atoms with Gasteiger partial charge < -0.3 is 5.32 Å². The molecule has 1 nitrogen and oxygen atoms in total. The molecule has 1 aliphatic heterocycles. The minimum absolute atomic E-state index is 0.459. The third kappa shape index (κ3) is 1.39. The molecule has 2 aliphatic rings. The highest BCUT2D eigenvalue weighted by molar-refractivity contribution is 4.94. The Balaban J connectivity index is 1.94. The number of hydrogen-bond donors (Lipinski definition) is 1. The van der Waals surface area contributed by atoms with Gasteiger partial charge in [-0.1, -0.05) is 20.8 Å². The molecule has 0 bridgehead atoms. The highest BCUT2D eigenvalue weighted by atomic mass is 15.0. The Kier molecular flexibility index (Phi) is 1.95. The van der Waals surface area contributed by atoms with Crippen molar-refractivity contribution in [2.75, 3.05) is 6.54 Å². The lowest BCUT2D eigenvalue weighted by atomic mass is 9.65. The van der Waals surface area contributed by atoms with Gasteiger partial charge in [0.1, 0.15) is 0 Å². The molecular formula is C11H21N. The Morgan fingerprint density at radius 3 is 2.17 bits per heavy atom. The van der Waals surface area contributed by atoms with Crippen LogP contribution in [0.2, 0.25) is 0 Å². The fourth-order valence-corrected chi connectivity index (χ4v) is 2.56. The lowest BCUT2D eigenvalue weighted by Crippen LogP contribution is -2.53. The second kappa shape index (κ2) is 2.73. The Hall–Kier alpha value is -0.0400. The average Bonchev–Trinajstić information content (AvgIpc) is 1.89. The van der Waals surface area contributed by atoms with Gasteiger partial charge in [0.2, 0.25) is 0 Å². The van der Waals surface area contributed by atoms with E-state index in [1.54, 1.807) is 0 Å². The molecule has 1 saturated carbocycles. The van der Waals surface area contributed by atoms with Gasteiger partial charge in [0.05, 0.1) is 0 Å². The monoisotopic (exact) mass is 167 g/mol. The highest BCUT2D eigenvalue weighted by Gasteiger charge is 2.39. The van der Waals surface area contributed by atoms with Crippen molar-refractivity contribution in [2.45, 2.75) is 46.1 Å². The summed E-state index contributed by atoms with van der Waals surface area (Å²) in [6.07, 6.45) is 4.40. The normalized spacial score (nSPS) is 41.8. The van der Waals surface area contributed by atoms with E-state index < -0.39 is 0 Å². The number of rotatable bonds is 0. The van der Waals surface area contributed by atoms with Gasteiger partial charge in [0.25, 0.3) is 0 Å². The lowest BCUT2D eigenvalue weighted by Gasteiger charge is -2.48. The van der Waals surface area contributed by atoms with Crippen LogP contribution in [0.5, 0.6) is 0 Å². The van der Waals surface area contributed by atoms with Crippen LogP contribution < -0.4 is 5.32 Å². The van der Waals surface area contributed by atoms with Gasteiger partial charge in [-0.25, -0.2) is 0 Å². The van der Waals surface area contributed by atoms with E-state index in [4.69, 9.17) is 0 Å². The summed E-state index contributed by atoms with van der Waals surface area (Å²) in [4.78, 5) is 0. The minimum atomic E-state index is 0.459. The fourth-order valence-electron chi connectivity index (χ4n) is 2.56. The molecule has 3 atom stereocenters. The van der Waals surface area contributed by atoms with Gasteiger partial charge in [-0.2, -0.15) is 0 Å². The standard InChI is InChI=1S/C11H21N/c1-11(2,3)10-6-8-4-5-9(8)7-12-10/h8-10,12H,4-7H2,1-3H3. The van der Waals surface area contributed by atoms with Crippen molar-refractivity contribution in [3.63, 3.8) is 0 Å². The molecule has 0 amide bonds. The molecule has 0 radical (unpaired) electrons. The molecule has 0 spiro atoms. The maximum Gasteiger partial charge on any atom is 0.0118 e. The third-order valence-corrected chi connectivity index (χ3v) is 3.79. The van der Waals surface area contributed by atoms with Crippen LogP contribution in [0.25, 0.3) is 0 Å². The molecule has 2 fully saturated rings. The Labute approximate surface area is 75.9 Å². The van der Waals surface area contributed by atoms with Crippen molar-refractivity contribution in [1.82, 2.24) is 5.32 Å². The van der Waals surface area contributed by atoms with Crippen LogP contribution in [0.1, 0.15) is 40.0 Å². The van der Waals surface area contributed by atoms with Gasteiger partial charge in [-0.15, -0.1) is 0 Å². The van der Waals surface area contributed by atoms with Gasteiger partial charge in [-0.05, 0) is 43.1 Å². The summed E-state index contributed by atoms with van der Waals surface area (Å²) in [5.74, 6) is 2.10. The van der Waals surface area contributed by atoms with Crippen molar-refractivity contribution in [1.29, 1.82) is 0 Å². The van der Waals surface area contributed by atoms with E-state index in [0.717, 1.165) is 17.9 Å². The molecule has 0 aromatic heterocycles. The zero-order chi connectivity index (χ0) is 8.77. The molecule has 3 unspecified atom stereocenters. The minimum Gasteiger partial charge on any atom is -0.313 e. The van der Waals surface area contributed by atoms with Gasteiger partial charge in [0.15, 0.2) is 0 Å². The highest BCUT2D eigenvalue weighted by Crippen LogP contribution is 2.42. The quantitative estimate of drug-likeness (QED) is 0.584. The molecular weight excluding hydrogens is 146 g/mol. The predicted molar refractivity (Wildman–Crippen MR) is 52.1 cm³/mol. The smallest absolute Gasteiger partial charge is 0.0118 e. The number of piperidine rings is 1. The summed E-state index contributed by atoms with van der Waals surface area (Å²) >= 11 is 0. The van der Waals surface area contributed by atoms with Gasteiger partial charge in [0, 0.05) is 6.04 Å². The van der Waals surface area contributed by atoms with Crippen LogP contribution in [-0.2, 0) is 0 Å². The molecule has 1 N–H and O–H groups in total. The number of nitrogens with one attached hydrogen (secondary N) is 1. The summed E-state index contributed by atoms with van der Waals surface area (Å²) in [5, 5.41) is 3.69. The van der Waals surface area contributed by atoms with E-state index in [1.165, 1.54) is 25.8 Å². The number of fused-ring (bicyclic) bond motifs is 1. The average molecular weight is 167 g/mol. The summed E-state index contributed by atoms with van der Waals surface area (Å²) in [7, 11) is 0. The molecule has 1 heterocycles. The van der Waals surface area contributed by atoms with E-state index in [0.29, 0.717) is 5.41 Å².